The average Bonchev–Trinajstić information content (AvgIpc) is 2.79. The minimum Gasteiger partial charge on any atom is -0.345 e. The third-order valence-electron chi connectivity index (χ3n) is 5.45. The van der Waals surface area contributed by atoms with E-state index in [0.717, 1.165) is 12.5 Å². The van der Waals surface area contributed by atoms with E-state index in [2.05, 4.69) is 16.0 Å². The molecule has 0 saturated carbocycles. The Morgan fingerprint density at radius 2 is 1.36 bits per heavy atom. The third-order valence-corrected chi connectivity index (χ3v) is 9.66. The van der Waals surface area contributed by atoms with Gasteiger partial charge in [0, 0.05) is 16.9 Å². The van der Waals surface area contributed by atoms with Crippen molar-refractivity contribution in [2.75, 3.05) is 24.1 Å². The molecule has 1 aromatic rings. The molecule has 0 aliphatic heterocycles. The first kappa shape index (κ1) is 35.0. The van der Waals surface area contributed by atoms with Gasteiger partial charge in [0.15, 0.2) is 0 Å². The molecule has 1 rings (SSSR count). The van der Waals surface area contributed by atoms with Gasteiger partial charge < -0.3 is 16.0 Å². The van der Waals surface area contributed by atoms with Crippen LogP contribution in [0.15, 0.2) is 18.2 Å². The molecule has 39 heavy (non-hydrogen) atoms. The molecule has 0 aliphatic carbocycles. The molecule has 0 fully saturated rings. The number of carbonyl (C=O) groups is 3. The smallest absolute Gasteiger partial charge is 0.264 e. The Morgan fingerprint density at radius 3 is 1.79 bits per heavy atom. The third kappa shape index (κ3) is 14.3. The van der Waals surface area contributed by atoms with Crippen LogP contribution in [0.4, 0.5) is 5.69 Å². The van der Waals surface area contributed by atoms with Crippen molar-refractivity contribution in [3.63, 3.8) is 0 Å². The van der Waals surface area contributed by atoms with E-state index in [4.69, 9.17) is 19.6 Å². The minimum atomic E-state index is -3.76. The molecule has 0 heterocycles. The average molecular weight is 628 g/mol. The molecule has 0 saturated heterocycles. The Balaban J connectivity index is 2.85. The summed E-state index contributed by atoms with van der Waals surface area (Å²) in [6, 6.07) is 2.45. The molecule has 222 valence electrons. The van der Waals surface area contributed by atoms with Gasteiger partial charge in [-0.15, -0.1) is 9.45 Å². The van der Waals surface area contributed by atoms with Crippen molar-refractivity contribution in [2.45, 2.75) is 70.6 Å². The second-order valence-corrected chi connectivity index (χ2v) is 16.5. The van der Waals surface area contributed by atoms with Gasteiger partial charge >= 0.3 is 0 Å². The first-order valence-electron chi connectivity index (χ1n) is 11.7. The predicted octanol–water partition coefficient (Wildman–Crippen LogP) is 0.856. The Kier molecular flexibility index (Phi) is 13.1. The molecule has 3 amide bonds. The molecule has 12 nitrogen and oxygen atoms in total. The summed E-state index contributed by atoms with van der Waals surface area (Å²) in [6.07, 6.45) is 4.46. The van der Waals surface area contributed by atoms with E-state index < -0.39 is 44.1 Å². The molecular weight excluding hydrogens is 591 g/mol. The molecule has 3 atom stereocenters. The van der Waals surface area contributed by atoms with E-state index in [9.17, 15) is 31.2 Å². The summed E-state index contributed by atoms with van der Waals surface area (Å²) in [5.74, 6) is -1.48. The number of hydrogen-bond acceptors (Lipinski definition) is 10. The zero-order valence-corrected chi connectivity index (χ0v) is 26.3. The topological polar surface area (TPSA) is 174 Å². The first-order chi connectivity index (χ1) is 17.7. The summed E-state index contributed by atoms with van der Waals surface area (Å²) in [4.78, 5) is 37.6. The fourth-order valence-electron chi connectivity index (χ4n) is 2.94. The molecule has 0 aromatic heterocycles. The second kappa shape index (κ2) is 14.6. The summed E-state index contributed by atoms with van der Waals surface area (Å²) in [6.45, 7) is 6.20. The normalized spacial score (nSPS) is 14.6. The van der Waals surface area contributed by atoms with E-state index in [1.54, 1.807) is 0 Å². The Morgan fingerprint density at radius 1 is 0.897 bits per heavy atom. The van der Waals surface area contributed by atoms with Gasteiger partial charge in [0.05, 0.1) is 25.7 Å². The van der Waals surface area contributed by atoms with Crippen LogP contribution in [-0.4, -0.2) is 70.2 Å². The van der Waals surface area contributed by atoms with Crippen LogP contribution < -0.4 is 16.0 Å². The molecule has 1 aromatic carbocycles. The van der Waals surface area contributed by atoms with Gasteiger partial charge in [-0.2, -0.15) is 16.8 Å². The largest absolute Gasteiger partial charge is 0.345 e. The van der Waals surface area contributed by atoms with Crippen LogP contribution >= 0.6 is 0 Å². The van der Waals surface area contributed by atoms with Crippen molar-refractivity contribution in [3.05, 3.63) is 29.3 Å². The summed E-state index contributed by atoms with van der Waals surface area (Å²) >= 11 is 5.32. The molecule has 0 spiro atoms. The Labute approximate surface area is 237 Å². The summed E-state index contributed by atoms with van der Waals surface area (Å²) < 4.78 is 54.8. The number of amides is 3. The first-order valence-corrected chi connectivity index (χ1v) is 17.9. The summed E-state index contributed by atoms with van der Waals surface area (Å²) in [7, 11) is -7.82. The molecule has 1 unspecified atom stereocenters. The van der Waals surface area contributed by atoms with Gasteiger partial charge in [0.25, 0.3) is 20.2 Å². The Hall–Kier alpha value is -1.98. The zero-order chi connectivity index (χ0) is 30.2. The van der Waals surface area contributed by atoms with Crippen LogP contribution in [0.2, 0.25) is 0 Å². The van der Waals surface area contributed by atoms with Crippen LogP contribution in [0.1, 0.15) is 51.7 Å². The lowest BCUT2D eigenvalue weighted by molar-refractivity contribution is -0.130. The highest BCUT2D eigenvalue weighted by Crippen LogP contribution is 2.19. The van der Waals surface area contributed by atoms with Gasteiger partial charge in [0.1, 0.15) is 12.1 Å². The summed E-state index contributed by atoms with van der Waals surface area (Å²) in [5.41, 5.74) is 0.850. The SMILES string of the molecule is C[C@H](NC(=O)CCC(C)(C)S(C)=S)C(=O)N[C@@H](C)C(=O)Nc1cc(COS(C)(=O)=O)cc(COS(C)(=O)=O)c1. The van der Waals surface area contributed by atoms with Crippen molar-refractivity contribution >= 4 is 64.3 Å². The summed E-state index contributed by atoms with van der Waals surface area (Å²) in [5, 5.41) is 7.73. The van der Waals surface area contributed by atoms with E-state index in [-0.39, 0.29) is 45.4 Å². The van der Waals surface area contributed by atoms with Crippen LogP contribution in [0, 0.1) is 0 Å². The number of carbonyl (C=O) groups excluding carboxylic acids is 3. The number of anilines is 1. The monoisotopic (exact) mass is 627 g/mol. The molecule has 0 radical (unpaired) electrons. The second-order valence-electron chi connectivity index (χ2n) is 9.69. The van der Waals surface area contributed by atoms with E-state index in [1.165, 1.54) is 32.0 Å². The molecular formula is C23H37N3O9S4. The van der Waals surface area contributed by atoms with E-state index >= 15 is 0 Å². The van der Waals surface area contributed by atoms with E-state index in [0.29, 0.717) is 17.5 Å². The van der Waals surface area contributed by atoms with Crippen LogP contribution in [0.5, 0.6) is 0 Å². The highest BCUT2D eigenvalue weighted by molar-refractivity contribution is 8.29. The number of benzene rings is 1. The quantitative estimate of drug-likeness (QED) is 0.237. The van der Waals surface area contributed by atoms with Gasteiger partial charge in [-0.05, 0) is 49.8 Å². The predicted molar refractivity (Wildman–Crippen MR) is 154 cm³/mol. The van der Waals surface area contributed by atoms with E-state index in [1.807, 2.05) is 20.1 Å². The van der Waals surface area contributed by atoms with Crippen LogP contribution in [0.25, 0.3) is 0 Å². The molecule has 0 bridgehead atoms. The molecule has 16 heteroatoms. The standard InChI is InChI=1S/C23H37N3O9S4/c1-15(24-20(27)8-9-23(3,4)37(5)36)21(28)25-16(2)22(29)26-19-11-17(13-34-38(6,30)31)10-18(12-19)14-35-39(7,32)33/h10-12,15-16H,8-9,13-14H2,1-7H3,(H,24,27)(H,25,28)(H,26,29)/t15-,16-,37?/m0/s1. The van der Waals surface area contributed by atoms with Crippen molar-refractivity contribution in [1.82, 2.24) is 10.6 Å². The van der Waals surface area contributed by atoms with Crippen LogP contribution in [-0.2, 0) is 76.8 Å². The van der Waals surface area contributed by atoms with Crippen molar-refractivity contribution < 1.29 is 39.6 Å². The zero-order valence-electron chi connectivity index (χ0n) is 23.0. The van der Waals surface area contributed by atoms with Gasteiger partial charge in [0.2, 0.25) is 17.7 Å². The maximum atomic E-state index is 12.7. The minimum absolute atomic E-state index is 0.185. The number of nitrogens with one attached hydrogen (secondary N) is 3. The molecule has 0 aliphatic rings. The van der Waals surface area contributed by atoms with Crippen molar-refractivity contribution in [2.24, 2.45) is 0 Å². The lowest BCUT2D eigenvalue weighted by Gasteiger charge is -2.24. The van der Waals surface area contributed by atoms with Crippen molar-refractivity contribution in [3.8, 4) is 0 Å². The highest BCUT2D eigenvalue weighted by atomic mass is 32.8. The van der Waals surface area contributed by atoms with Crippen LogP contribution in [0.3, 0.4) is 0 Å². The Bertz CT molecular complexity index is 1240. The lowest BCUT2D eigenvalue weighted by Crippen LogP contribution is -2.50. The maximum absolute atomic E-state index is 12.7. The fourth-order valence-corrected chi connectivity index (χ4v) is 4.28. The highest BCUT2D eigenvalue weighted by Gasteiger charge is 2.24. The van der Waals surface area contributed by atoms with Crippen molar-refractivity contribution in [1.29, 1.82) is 0 Å². The van der Waals surface area contributed by atoms with Gasteiger partial charge in [-0.25, -0.2) is 0 Å². The number of hydrogen-bond donors (Lipinski definition) is 3. The fraction of sp³-hybridized carbons (Fsp3) is 0.609. The molecule has 3 N–H and O–H groups in total. The lowest BCUT2D eigenvalue weighted by atomic mass is 10.1. The van der Waals surface area contributed by atoms with Gasteiger partial charge in [-0.1, -0.05) is 31.1 Å². The number of rotatable bonds is 15. The maximum Gasteiger partial charge on any atom is 0.264 e. The van der Waals surface area contributed by atoms with Gasteiger partial charge in [-0.3, -0.25) is 22.7 Å².